The third-order valence-electron chi connectivity index (χ3n) is 4.69. The number of halogens is 1. The molecule has 0 aliphatic heterocycles. The Bertz CT molecular complexity index is 1290. The van der Waals surface area contributed by atoms with E-state index in [1.165, 1.54) is 60.0 Å². The van der Waals surface area contributed by atoms with Gasteiger partial charge in [0.2, 0.25) is 0 Å². The summed E-state index contributed by atoms with van der Waals surface area (Å²) in [7, 11) is 0. The summed E-state index contributed by atoms with van der Waals surface area (Å²) in [6, 6.07) is 17.1. The predicted molar refractivity (Wildman–Crippen MR) is 107 cm³/mol. The number of ether oxygens (including phenoxy) is 1. The van der Waals surface area contributed by atoms with Crippen LogP contribution >= 0.6 is 0 Å². The highest BCUT2D eigenvalue weighted by atomic mass is 19.1. The fourth-order valence-electron chi connectivity index (χ4n) is 3.10. The summed E-state index contributed by atoms with van der Waals surface area (Å²) in [5.41, 5.74) is 1.59. The second kappa shape index (κ2) is 7.79. The SMILES string of the molecule is CC(C(=O)Oc1ccc(C(=O)c2ccc(F)cc2)cc1)n1c(=O)oc2ccccc21. The number of hydrogen-bond donors (Lipinski definition) is 0. The molecular formula is C23H16FNO5. The molecule has 0 aliphatic rings. The summed E-state index contributed by atoms with van der Waals surface area (Å²) >= 11 is 0. The Hall–Kier alpha value is -4.00. The summed E-state index contributed by atoms with van der Waals surface area (Å²) < 4.78 is 24.8. The van der Waals surface area contributed by atoms with Gasteiger partial charge in [0, 0.05) is 11.1 Å². The van der Waals surface area contributed by atoms with Crippen molar-refractivity contribution in [3.63, 3.8) is 0 Å². The van der Waals surface area contributed by atoms with E-state index in [0.717, 1.165) is 0 Å². The number of benzene rings is 3. The number of ketones is 1. The molecule has 0 saturated carbocycles. The van der Waals surface area contributed by atoms with Gasteiger partial charge in [0.25, 0.3) is 0 Å². The van der Waals surface area contributed by atoms with E-state index in [2.05, 4.69) is 0 Å². The van der Waals surface area contributed by atoms with E-state index in [1.807, 2.05) is 0 Å². The number of rotatable bonds is 5. The molecule has 30 heavy (non-hydrogen) atoms. The van der Waals surface area contributed by atoms with E-state index in [9.17, 15) is 18.8 Å². The lowest BCUT2D eigenvalue weighted by atomic mass is 10.0. The first-order valence-corrected chi connectivity index (χ1v) is 9.16. The van der Waals surface area contributed by atoms with Crippen molar-refractivity contribution >= 4 is 22.9 Å². The first kappa shape index (κ1) is 19.3. The van der Waals surface area contributed by atoms with Gasteiger partial charge in [-0.3, -0.25) is 9.36 Å². The van der Waals surface area contributed by atoms with E-state index in [-0.39, 0.29) is 11.5 Å². The van der Waals surface area contributed by atoms with Crippen LogP contribution in [0.15, 0.2) is 82.0 Å². The van der Waals surface area contributed by atoms with Crippen molar-refractivity contribution in [3.8, 4) is 5.75 Å². The lowest BCUT2D eigenvalue weighted by molar-refractivity contribution is -0.137. The molecule has 0 spiro atoms. The third kappa shape index (κ3) is 3.65. The maximum Gasteiger partial charge on any atom is 0.420 e. The van der Waals surface area contributed by atoms with Crippen LogP contribution in [0.2, 0.25) is 0 Å². The smallest absolute Gasteiger partial charge is 0.420 e. The first-order valence-electron chi connectivity index (χ1n) is 9.16. The second-order valence-electron chi connectivity index (χ2n) is 6.66. The van der Waals surface area contributed by atoms with Gasteiger partial charge in [0.15, 0.2) is 11.4 Å². The van der Waals surface area contributed by atoms with Crippen LogP contribution in [0.25, 0.3) is 11.1 Å². The number of oxazole rings is 1. The highest BCUT2D eigenvalue weighted by Crippen LogP contribution is 2.20. The number of aromatic nitrogens is 1. The van der Waals surface area contributed by atoms with E-state index >= 15 is 0 Å². The maximum atomic E-state index is 13.0. The minimum Gasteiger partial charge on any atom is -0.425 e. The standard InChI is InChI=1S/C23H16FNO5/c1-14(25-19-4-2-3-5-20(19)30-23(25)28)22(27)29-18-12-8-16(9-13-18)21(26)15-6-10-17(24)11-7-15/h2-14H,1H3. The number of carbonyl (C=O) groups is 2. The van der Waals surface area contributed by atoms with Crippen molar-refractivity contribution in [2.45, 2.75) is 13.0 Å². The van der Waals surface area contributed by atoms with Crippen LogP contribution in [0.5, 0.6) is 5.75 Å². The third-order valence-corrected chi connectivity index (χ3v) is 4.69. The molecule has 1 unspecified atom stereocenters. The van der Waals surface area contributed by atoms with Crippen molar-refractivity contribution < 1.29 is 23.1 Å². The molecular weight excluding hydrogens is 389 g/mol. The molecule has 0 radical (unpaired) electrons. The molecule has 1 heterocycles. The number of esters is 1. The zero-order valence-corrected chi connectivity index (χ0v) is 15.9. The van der Waals surface area contributed by atoms with Gasteiger partial charge >= 0.3 is 11.7 Å². The van der Waals surface area contributed by atoms with Gasteiger partial charge in [-0.25, -0.2) is 14.0 Å². The van der Waals surface area contributed by atoms with Crippen LogP contribution in [-0.4, -0.2) is 16.3 Å². The van der Waals surface area contributed by atoms with Gasteiger partial charge < -0.3 is 9.15 Å². The molecule has 7 heteroatoms. The number of carbonyl (C=O) groups excluding carboxylic acids is 2. The Morgan fingerprint density at radius 2 is 1.53 bits per heavy atom. The van der Waals surface area contributed by atoms with E-state index < -0.39 is 23.6 Å². The average Bonchev–Trinajstić information content (AvgIpc) is 3.09. The van der Waals surface area contributed by atoms with E-state index in [1.54, 1.807) is 24.3 Å². The van der Waals surface area contributed by atoms with Crippen LogP contribution in [0.1, 0.15) is 28.9 Å². The van der Waals surface area contributed by atoms with Crippen molar-refractivity contribution in [1.29, 1.82) is 0 Å². The molecule has 0 fully saturated rings. The zero-order chi connectivity index (χ0) is 21.3. The predicted octanol–water partition coefficient (Wildman–Crippen LogP) is 4.13. The molecule has 4 aromatic rings. The van der Waals surface area contributed by atoms with Crippen molar-refractivity contribution in [3.05, 3.63) is 100 Å². The molecule has 3 aromatic carbocycles. The summed E-state index contributed by atoms with van der Waals surface area (Å²) in [5.74, 6) is -1.78. The van der Waals surface area contributed by atoms with Crippen LogP contribution in [0, 0.1) is 5.82 Å². The van der Waals surface area contributed by atoms with Gasteiger partial charge in [-0.1, -0.05) is 12.1 Å². The lowest BCUT2D eigenvalue weighted by Crippen LogP contribution is -2.28. The highest BCUT2D eigenvalue weighted by Gasteiger charge is 2.23. The lowest BCUT2D eigenvalue weighted by Gasteiger charge is -2.12. The van der Waals surface area contributed by atoms with Crippen molar-refractivity contribution in [1.82, 2.24) is 4.57 Å². The molecule has 0 N–H and O–H groups in total. The molecule has 6 nitrogen and oxygen atoms in total. The normalized spacial score (nSPS) is 11.9. The van der Waals surface area contributed by atoms with Crippen molar-refractivity contribution in [2.75, 3.05) is 0 Å². The fraction of sp³-hybridized carbons (Fsp3) is 0.0870. The highest BCUT2D eigenvalue weighted by molar-refractivity contribution is 6.09. The maximum absolute atomic E-state index is 13.0. The molecule has 0 bridgehead atoms. The van der Waals surface area contributed by atoms with E-state index in [0.29, 0.717) is 22.2 Å². The fourth-order valence-corrected chi connectivity index (χ4v) is 3.10. The molecule has 1 atom stereocenters. The first-order chi connectivity index (χ1) is 14.4. The molecule has 0 aliphatic carbocycles. The summed E-state index contributed by atoms with van der Waals surface area (Å²) in [5, 5.41) is 0. The minimum atomic E-state index is -0.915. The Morgan fingerprint density at radius 3 is 2.20 bits per heavy atom. The molecule has 0 amide bonds. The summed E-state index contributed by atoms with van der Waals surface area (Å²) in [6.07, 6.45) is 0. The Morgan fingerprint density at radius 1 is 0.933 bits per heavy atom. The molecule has 150 valence electrons. The minimum absolute atomic E-state index is 0.225. The Balaban J connectivity index is 1.51. The van der Waals surface area contributed by atoms with Gasteiger partial charge in [-0.05, 0) is 67.6 Å². The Labute approximate surface area is 170 Å². The average molecular weight is 405 g/mol. The van der Waals surface area contributed by atoms with Gasteiger partial charge in [0.05, 0.1) is 5.52 Å². The quantitative estimate of drug-likeness (QED) is 0.283. The number of fused-ring (bicyclic) bond motifs is 1. The monoisotopic (exact) mass is 405 g/mol. The number of para-hydroxylation sites is 2. The van der Waals surface area contributed by atoms with Gasteiger partial charge in [-0.15, -0.1) is 0 Å². The summed E-state index contributed by atoms with van der Waals surface area (Å²) in [4.78, 5) is 37.1. The number of hydrogen-bond acceptors (Lipinski definition) is 5. The second-order valence-corrected chi connectivity index (χ2v) is 6.66. The molecule has 4 rings (SSSR count). The van der Waals surface area contributed by atoms with Gasteiger partial charge in [-0.2, -0.15) is 0 Å². The van der Waals surface area contributed by atoms with E-state index in [4.69, 9.17) is 9.15 Å². The van der Waals surface area contributed by atoms with Gasteiger partial charge in [0.1, 0.15) is 17.6 Å². The van der Waals surface area contributed by atoms with Crippen LogP contribution in [-0.2, 0) is 4.79 Å². The van der Waals surface area contributed by atoms with Crippen LogP contribution in [0.4, 0.5) is 4.39 Å². The molecule has 0 saturated heterocycles. The van der Waals surface area contributed by atoms with Crippen molar-refractivity contribution in [2.24, 2.45) is 0 Å². The Kier molecular flexibility index (Phi) is 5.02. The number of nitrogens with zero attached hydrogens (tertiary/aromatic N) is 1. The van der Waals surface area contributed by atoms with Crippen LogP contribution < -0.4 is 10.5 Å². The topological polar surface area (TPSA) is 78.5 Å². The summed E-state index contributed by atoms with van der Waals surface area (Å²) in [6.45, 7) is 1.54. The van der Waals surface area contributed by atoms with Crippen LogP contribution in [0.3, 0.4) is 0 Å². The molecule has 1 aromatic heterocycles. The largest absolute Gasteiger partial charge is 0.425 e. The zero-order valence-electron chi connectivity index (χ0n) is 15.9.